The van der Waals surface area contributed by atoms with Crippen molar-refractivity contribution in [2.45, 2.75) is 11.3 Å². The van der Waals surface area contributed by atoms with Crippen LogP contribution in [0.4, 0.5) is 0 Å². The number of benzene rings is 1. The molecule has 0 spiro atoms. The number of phenolic OH excluding ortho intramolecular Hbond substituents is 1. The van der Waals surface area contributed by atoms with Gasteiger partial charge in [-0.3, -0.25) is 0 Å². The van der Waals surface area contributed by atoms with Gasteiger partial charge in [0, 0.05) is 11.0 Å². The van der Waals surface area contributed by atoms with Crippen molar-refractivity contribution in [3.05, 3.63) is 29.2 Å². The molecule has 2 rings (SSSR count). The van der Waals surface area contributed by atoms with E-state index in [0.717, 1.165) is 5.57 Å². The molecule has 1 aliphatic rings. The van der Waals surface area contributed by atoms with E-state index in [0.29, 0.717) is 18.5 Å². The van der Waals surface area contributed by atoms with Gasteiger partial charge in [0.15, 0.2) is 0 Å². The normalized spacial score (nSPS) is 16.9. The summed E-state index contributed by atoms with van der Waals surface area (Å²) >= 11 is 0. The van der Waals surface area contributed by atoms with E-state index in [9.17, 15) is 13.5 Å². The third-order valence-corrected chi connectivity index (χ3v) is 4.12. The summed E-state index contributed by atoms with van der Waals surface area (Å²) in [5.74, 6) is 0.0891. The van der Waals surface area contributed by atoms with Crippen LogP contribution >= 0.6 is 0 Å². The molecule has 0 radical (unpaired) electrons. The van der Waals surface area contributed by atoms with Crippen LogP contribution < -0.4 is 5.32 Å². The Kier molecular flexibility index (Phi) is 2.73. The van der Waals surface area contributed by atoms with Gasteiger partial charge in [0.1, 0.15) is 5.75 Å². The van der Waals surface area contributed by atoms with Gasteiger partial charge in [-0.25, -0.2) is 8.42 Å². The lowest BCUT2D eigenvalue weighted by molar-refractivity contribution is 0.474. The Morgan fingerprint density at radius 3 is 2.81 bits per heavy atom. The van der Waals surface area contributed by atoms with Crippen LogP contribution in [-0.4, -0.2) is 27.1 Å². The maximum absolute atomic E-state index is 11.8. The first-order chi connectivity index (χ1) is 7.54. The first-order valence-corrected chi connectivity index (χ1v) is 6.53. The van der Waals surface area contributed by atoms with Crippen molar-refractivity contribution < 1.29 is 13.5 Å². The lowest BCUT2D eigenvalue weighted by atomic mass is 10.0. The fourth-order valence-corrected chi connectivity index (χ4v) is 3.29. The zero-order chi connectivity index (χ0) is 11.8. The summed E-state index contributed by atoms with van der Waals surface area (Å²) in [7, 11) is -1.49. The van der Waals surface area contributed by atoms with Gasteiger partial charge in [-0.05, 0) is 43.8 Å². The molecule has 1 aromatic carbocycles. The molecule has 5 heteroatoms. The van der Waals surface area contributed by atoms with Crippen LogP contribution in [0.15, 0.2) is 28.5 Å². The van der Waals surface area contributed by atoms with Crippen LogP contribution in [-0.2, 0) is 9.84 Å². The lowest BCUT2D eigenvalue weighted by Crippen LogP contribution is -2.07. The molecule has 86 valence electrons. The molecule has 1 aliphatic heterocycles. The zero-order valence-electron chi connectivity index (χ0n) is 8.90. The van der Waals surface area contributed by atoms with Crippen LogP contribution in [0.1, 0.15) is 12.0 Å². The second-order valence-electron chi connectivity index (χ2n) is 3.72. The average Bonchev–Trinajstić information content (AvgIpc) is 2.47. The molecule has 0 aliphatic carbocycles. The van der Waals surface area contributed by atoms with Crippen molar-refractivity contribution in [1.82, 2.24) is 5.32 Å². The third kappa shape index (κ3) is 1.83. The molecule has 2 N–H and O–H groups in total. The summed E-state index contributed by atoms with van der Waals surface area (Å²) in [6.07, 6.45) is 0.631. The predicted octanol–water partition coefficient (Wildman–Crippen LogP) is 1.13. The Morgan fingerprint density at radius 2 is 2.12 bits per heavy atom. The Hall–Kier alpha value is -1.33. The summed E-state index contributed by atoms with van der Waals surface area (Å²) in [6.45, 7) is 0.705. The summed E-state index contributed by atoms with van der Waals surface area (Å²) in [5, 5.41) is 13.6. The number of phenols is 1. The number of rotatable bonds is 3. The SMILES string of the molecule is CNCCC1=CS(=O)(=O)c2ccc(O)cc21. The molecular weight excluding hydrogens is 226 g/mol. The van der Waals surface area contributed by atoms with E-state index in [1.165, 1.54) is 23.6 Å². The molecule has 1 aromatic rings. The Bertz CT molecular complexity index is 546. The topological polar surface area (TPSA) is 66.4 Å². The fourth-order valence-electron chi connectivity index (χ4n) is 1.78. The maximum atomic E-state index is 11.8. The van der Waals surface area contributed by atoms with Gasteiger partial charge < -0.3 is 10.4 Å². The van der Waals surface area contributed by atoms with Crippen molar-refractivity contribution >= 4 is 15.4 Å². The van der Waals surface area contributed by atoms with Gasteiger partial charge in [-0.15, -0.1) is 0 Å². The monoisotopic (exact) mass is 239 g/mol. The highest BCUT2D eigenvalue weighted by Crippen LogP contribution is 2.36. The number of aromatic hydroxyl groups is 1. The zero-order valence-corrected chi connectivity index (χ0v) is 9.71. The van der Waals surface area contributed by atoms with Crippen LogP contribution in [0, 0.1) is 0 Å². The summed E-state index contributed by atoms with van der Waals surface area (Å²) in [6, 6.07) is 4.34. The van der Waals surface area contributed by atoms with E-state index in [4.69, 9.17) is 0 Å². The van der Waals surface area contributed by atoms with Gasteiger partial charge in [0.05, 0.1) is 4.90 Å². The average molecular weight is 239 g/mol. The number of sulfone groups is 1. The molecule has 0 fully saturated rings. The summed E-state index contributed by atoms with van der Waals surface area (Å²) < 4.78 is 23.5. The van der Waals surface area contributed by atoms with Crippen LogP contribution in [0.5, 0.6) is 5.75 Å². The third-order valence-electron chi connectivity index (χ3n) is 2.56. The maximum Gasteiger partial charge on any atom is 0.200 e. The molecule has 16 heavy (non-hydrogen) atoms. The van der Waals surface area contributed by atoms with E-state index < -0.39 is 9.84 Å². The number of fused-ring (bicyclic) bond motifs is 1. The molecule has 4 nitrogen and oxygen atoms in total. The minimum absolute atomic E-state index is 0.0891. The largest absolute Gasteiger partial charge is 0.508 e. The lowest BCUT2D eigenvalue weighted by Gasteiger charge is -2.04. The Morgan fingerprint density at radius 1 is 1.38 bits per heavy atom. The Labute approximate surface area is 94.5 Å². The first-order valence-electron chi connectivity index (χ1n) is 4.98. The minimum Gasteiger partial charge on any atom is -0.508 e. The summed E-state index contributed by atoms with van der Waals surface area (Å²) in [5.41, 5.74) is 1.37. The molecule has 0 aromatic heterocycles. The first kappa shape index (κ1) is 11.2. The van der Waals surface area contributed by atoms with Gasteiger partial charge in [0.2, 0.25) is 9.84 Å². The second kappa shape index (κ2) is 3.92. The van der Waals surface area contributed by atoms with Gasteiger partial charge in [0.25, 0.3) is 0 Å². The van der Waals surface area contributed by atoms with Crippen molar-refractivity contribution in [3.63, 3.8) is 0 Å². The van der Waals surface area contributed by atoms with E-state index in [1.807, 2.05) is 7.05 Å². The molecule has 0 amide bonds. The molecule has 0 unspecified atom stereocenters. The van der Waals surface area contributed by atoms with E-state index in [1.54, 1.807) is 0 Å². The molecular formula is C11H13NO3S. The van der Waals surface area contributed by atoms with Crippen LogP contribution in [0.2, 0.25) is 0 Å². The second-order valence-corrected chi connectivity index (χ2v) is 5.49. The molecule has 0 saturated carbocycles. The van der Waals surface area contributed by atoms with Gasteiger partial charge >= 0.3 is 0 Å². The highest BCUT2D eigenvalue weighted by Gasteiger charge is 2.26. The summed E-state index contributed by atoms with van der Waals surface area (Å²) in [4.78, 5) is 0.288. The van der Waals surface area contributed by atoms with E-state index in [-0.39, 0.29) is 10.6 Å². The minimum atomic E-state index is -3.30. The Balaban J connectivity index is 2.49. The van der Waals surface area contributed by atoms with E-state index >= 15 is 0 Å². The standard InChI is InChI=1S/C11H13NO3S/c1-12-5-4-8-7-16(14,15)11-3-2-9(13)6-10(8)11/h2-3,6-7,12-13H,4-5H2,1H3. The molecule has 0 atom stereocenters. The van der Waals surface area contributed by atoms with Crippen molar-refractivity contribution in [2.75, 3.05) is 13.6 Å². The van der Waals surface area contributed by atoms with Crippen LogP contribution in [0.25, 0.3) is 5.57 Å². The molecule has 0 bridgehead atoms. The van der Waals surface area contributed by atoms with Crippen LogP contribution in [0.3, 0.4) is 0 Å². The van der Waals surface area contributed by atoms with Gasteiger partial charge in [-0.2, -0.15) is 0 Å². The predicted molar refractivity (Wildman–Crippen MR) is 61.8 cm³/mol. The number of hydrogen-bond acceptors (Lipinski definition) is 4. The van der Waals surface area contributed by atoms with Gasteiger partial charge in [-0.1, -0.05) is 0 Å². The van der Waals surface area contributed by atoms with Crippen molar-refractivity contribution in [1.29, 1.82) is 0 Å². The van der Waals surface area contributed by atoms with Crippen molar-refractivity contribution in [3.8, 4) is 5.75 Å². The molecule has 0 saturated heterocycles. The highest BCUT2D eigenvalue weighted by atomic mass is 32.2. The van der Waals surface area contributed by atoms with Crippen molar-refractivity contribution in [2.24, 2.45) is 0 Å². The quantitative estimate of drug-likeness (QED) is 0.829. The smallest absolute Gasteiger partial charge is 0.200 e. The number of nitrogens with one attached hydrogen (secondary N) is 1. The number of hydrogen-bond donors (Lipinski definition) is 2. The molecule has 1 heterocycles. The highest BCUT2D eigenvalue weighted by molar-refractivity contribution is 7.95. The fraction of sp³-hybridized carbons (Fsp3) is 0.273. The van der Waals surface area contributed by atoms with E-state index in [2.05, 4.69) is 5.32 Å².